The predicted octanol–water partition coefficient (Wildman–Crippen LogP) is 0.781. The summed E-state index contributed by atoms with van der Waals surface area (Å²) < 4.78 is 0. The standard InChI is InChI=1S/C11H22N2O2/c1-9(2)7-10-8-12-4-6-13(10)5-3-11(14)15/h9-10,12H,3-8H2,1-2H3,(H,14,15)/t10-/m0/s1. The van der Waals surface area contributed by atoms with Crippen LogP contribution in [-0.2, 0) is 4.79 Å². The molecule has 88 valence electrons. The van der Waals surface area contributed by atoms with Crippen molar-refractivity contribution < 1.29 is 9.90 Å². The van der Waals surface area contributed by atoms with Crippen LogP contribution in [0.2, 0.25) is 0 Å². The number of hydrogen-bond donors (Lipinski definition) is 2. The van der Waals surface area contributed by atoms with E-state index < -0.39 is 5.97 Å². The molecule has 1 fully saturated rings. The van der Waals surface area contributed by atoms with E-state index in [2.05, 4.69) is 24.1 Å². The Kier molecular flexibility index (Phi) is 5.05. The molecule has 15 heavy (non-hydrogen) atoms. The average molecular weight is 214 g/mol. The van der Waals surface area contributed by atoms with E-state index in [-0.39, 0.29) is 6.42 Å². The van der Waals surface area contributed by atoms with Crippen LogP contribution in [0.3, 0.4) is 0 Å². The second-order valence-corrected chi connectivity index (χ2v) is 4.67. The Morgan fingerprint density at radius 1 is 1.60 bits per heavy atom. The number of carbonyl (C=O) groups is 1. The van der Waals surface area contributed by atoms with Crippen molar-refractivity contribution in [2.75, 3.05) is 26.2 Å². The van der Waals surface area contributed by atoms with Gasteiger partial charge in [0.25, 0.3) is 0 Å². The molecule has 1 aliphatic rings. The molecule has 1 rings (SSSR count). The molecule has 0 aliphatic carbocycles. The molecule has 0 aromatic rings. The second kappa shape index (κ2) is 6.08. The first-order valence-corrected chi connectivity index (χ1v) is 5.76. The van der Waals surface area contributed by atoms with Crippen molar-refractivity contribution in [1.29, 1.82) is 0 Å². The summed E-state index contributed by atoms with van der Waals surface area (Å²) >= 11 is 0. The summed E-state index contributed by atoms with van der Waals surface area (Å²) in [6.07, 6.45) is 1.40. The minimum atomic E-state index is -0.697. The van der Waals surface area contributed by atoms with Crippen LogP contribution in [0.15, 0.2) is 0 Å². The number of nitrogens with zero attached hydrogens (tertiary/aromatic N) is 1. The predicted molar refractivity (Wildman–Crippen MR) is 59.9 cm³/mol. The van der Waals surface area contributed by atoms with E-state index in [1.807, 2.05) is 0 Å². The van der Waals surface area contributed by atoms with Gasteiger partial charge in [-0.15, -0.1) is 0 Å². The normalized spacial score (nSPS) is 23.3. The van der Waals surface area contributed by atoms with E-state index in [0.717, 1.165) is 26.1 Å². The van der Waals surface area contributed by atoms with E-state index in [9.17, 15) is 4.79 Å². The van der Waals surface area contributed by atoms with Crippen molar-refractivity contribution in [2.24, 2.45) is 5.92 Å². The summed E-state index contributed by atoms with van der Waals surface area (Å²) in [7, 11) is 0. The third kappa shape index (κ3) is 4.62. The molecule has 4 nitrogen and oxygen atoms in total. The monoisotopic (exact) mass is 214 g/mol. The molecule has 1 aliphatic heterocycles. The van der Waals surface area contributed by atoms with Crippen LogP contribution in [0, 0.1) is 5.92 Å². The molecule has 0 bridgehead atoms. The fourth-order valence-corrected chi connectivity index (χ4v) is 2.11. The van der Waals surface area contributed by atoms with Crippen molar-refractivity contribution >= 4 is 5.97 Å². The Labute approximate surface area is 91.6 Å². The van der Waals surface area contributed by atoms with Gasteiger partial charge < -0.3 is 10.4 Å². The maximum atomic E-state index is 10.5. The fraction of sp³-hybridized carbons (Fsp3) is 0.909. The van der Waals surface area contributed by atoms with Crippen LogP contribution >= 0.6 is 0 Å². The molecule has 4 heteroatoms. The minimum Gasteiger partial charge on any atom is -0.481 e. The summed E-state index contributed by atoms with van der Waals surface area (Å²) in [6.45, 7) is 8.07. The van der Waals surface area contributed by atoms with Gasteiger partial charge in [-0.1, -0.05) is 13.8 Å². The lowest BCUT2D eigenvalue weighted by molar-refractivity contribution is -0.137. The van der Waals surface area contributed by atoms with Crippen LogP contribution in [0.25, 0.3) is 0 Å². The number of carboxylic acid groups (broad SMARTS) is 1. The number of hydrogen-bond acceptors (Lipinski definition) is 3. The minimum absolute atomic E-state index is 0.259. The van der Waals surface area contributed by atoms with Crippen molar-refractivity contribution in [3.63, 3.8) is 0 Å². The number of carboxylic acids is 1. The van der Waals surface area contributed by atoms with Crippen molar-refractivity contribution in [1.82, 2.24) is 10.2 Å². The van der Waals surface area contributed by atoms with E-state index in [1.165, 1.54) is 0 Å². The van der Waals surface area contributed by atoms with E-state index in [1.54, 1.807) is 0 Å². The van der Waals surface area contributed by atoms with E-state index in [0.29, 0.717) is 18.5 Å². The highest BCUT2D eigenvalue weighted by Gasteiger charge is 2.22. The lowest BCUT2D eigenvalue weighted by Crippen LogP contribution is -2.52. The highest BCUT2D eigenvalue weighted by molar-refractivity contribution is 5.66. The molecule has 1 saturated heterocycles. The van der Waals surface area contributed by atoms with Crippen LogP contribution in [-0.4, -0.2) is 48.2 Å². The quantitative estimate of drug-likeness (QED) is 0.710. The maximum Gasteiger partial charge on any atom is 0.304 e. The van der Waals surface area contributed by atoms with Gasteiger partial charge in [0.2, 0.25) is 0 Å². The smallest absolute Gasteiger partial charge is 0.304 e. The topological polar surface area (TPSA) is 52.6 Å². The lowest BCUT2D eigenvalue weighted by atomic mass is 10.0. The van der Waals surface area contributed by atoms with Gasteiger partial charge in [-0.25, -0.2) is 0 Å². The second-order valence-electron chi connectivity index (χ2n) is 4.67. The van der Waals surface area contributed by atoms with Gasteiger partial charge in [0, 0.05) is 32.2 Å². The van der Waals surface area contributed by atoms with E-state index in [4.69, 9.17) is 5.11 Å². The molecule has 1 heterocycles. The summed E-state index contributed by atoms with van der Waals surface area (Å²) in [4.78, 5) is 12.8. The molecule has 0 spiro atoms. The average Bonchev–Trinajstić information content (AvgIpc) is 2.15. The summed E-state index contributed by atoms with van der Waals surface area (Å²) in [5.41, 5.74) is 0. The molecular formula is C11H22N2O2. The Hall–Kier alpha value is -0.610. The van der Waals surface area contributed by atoms with Gasteiger partial charge in [-0.3, -0.25) is 9.69 Å². The summed E-state index contributed by atoms with van der Waals surface area (Å²) in [5, 5.41) is 12.0. The van der Waals surface area contributed by atoms with E-state index >= 15 is 0 Å². The Morgan fingerprint density at radius 3 is 2.93 bits per heavy atom. The van der Waals surface area contributed by atoms with Gasteiger partial charge in [-0.2, -0.15) is 0 Å². The number of nitrogens with one attached hydrogen (secondary N) is 1. The van der Waals surface area contributed by atoms with Gasteiger partial charge in [0.1, 0.15) is 0 Å². The fourth-order valence-electron chi connectivity index (χ4n) is 2.11. The molecule has 0 saturated carbocycles. The molecule has 0 unspecified atom stereocenters. The van der Waals surface area contributed by atoms with Crippen molar-refractivity contribution in [3.05, 3.63) is 0 Å². The number of rotatable bonds is 5. The van der Waals surface area contributed by atoms with Gasteiger partial charge >= 0.3 is 5.97 Å². The first-order valence-electron chi connectivity index (χ1n) is 5.76. The van der Waals surface area contributed by atoms with Crippen LogP contribution < -0.4 is 5.32 Å². The molecular weight excluding hydrogens is 192 g/mol. The molecule has 0 amide bonds. The summed E-state index contributed by atoms with van der Waals surface area (Å²) in [5.74, 6) is -0.0287. The zero-order valence-electron chi connectivity index (χ0n) is 9.70. The van der Waals surface area contributed by atoms with Crippen LogP contribution in [0.1, 0.15) is 26.7 Å². The van der Waals surface area contributed by atoms with Crippen molar-refractivity contribution in [2.45, 2.75) is 32.7 Å². The van der Waals surface area contributed by atoms with Crippen LogP contribution in [0.4, 0.5) is 0 Å². The van der Waals surface area contributed by atoms with Gasteiger partial charge in [0.15, 0.2) is 0 Å². The molecule has 0 aromatic carbocycles. The Bertz CT molecular complexity index is 207. The first-order chi connectivity index (χ1) is 7.09. The number of aliphatic carboxylic acids is 1. The third-order valence-electron chi connectivity index (χ3n) is 2.83. The van der Waals surface area contributed by atoms with Crippen molar-refractivity contribution in [3.8, 4) is 0 Å². The zero-order chi connectivity index (χ0) is 11.3. The SMILES string of the molecule is CC(C)C[C@H]1CNCCN1CCC(=O)O. The highest BCUT2D eigenvalue weighted by Crippen LogP contribution is 2.13. The highest BCUT2D eigenvalue weighted by atomic mass is 16.4. The largest absolute Gasteiger partial charge is 0.481 e. The molecule has 1 atom stereocenters. The molecule has 2 N–H and O–H groups in total. The van der Waals surface area contributed by atoms with Gasteiger partial charge in [-0.05, 0) is 12.3 Å². The third-order valence-corrected chi connectivity index (χ3v) is 2.83. The maximum absolute atomic E-state index is 10.5. The lowest BCUT2D eigenvalue weighted by Gasteiger charge is -2.36. The van der Waals surface area contributed by atoms with Gasteiger partial charge in [0.05, 0.1) is 6.42 Å². The Balaban J connectivity index is 2.38. The number of piperazine rings is 1. The summed E-state index contributed by atoms with van der Waals surface area (Å²) in [6, 6.07) is 0.512. The Morgan fingerprint density at radius 2 is 2.33 bits per heavy atom. The first kappa shape index (κ1) is 12.5. The zero-order valence-corrected chi connectivity index (χ0v) is 9.70. The van der Waals surface area contributed by atoms with Crippen LogP contribution in [0.5, 0.6) is 0 Å². The molecule has 0 aromatic heterocycles. The molecule has 0 radical (unpaired) electrons.